The molecule has 3 N–H and O–H groups in total. The molecule has 3 aliphatic rings. The van der Waals surface area contributed by atoms with Crippen molar-refractivity contribution in [2.24, 2.45) is 0 Å². The van der Waals surface area contributed by atoms with Crippen LogP contribution in [0, 0.1) is 5.82 Å². The molecule has 4 heterocycles. The third-order valence-electron chi connectivity index (χ3n) is 6.92. The Morgan fingerprint density at radius 3 is 2.49 bits per heavy atom. The molecule has 2 aliphatic heterocycles. The summed E-state index contributed by atoms with van der Waals surface area (Å²) in [6.07, 6.45) is -0.188. The molecule has 13 heteroatoms. The minimum absolute atomic E-state index is 0.0405. The number of pyridine rings is 1. The van der Waals surface area contributed by atoms with E-state index in [2.05, 4.69) is 20.0 Å². The summed E-state index contributed by atoms with van der Waals surface area (Å²) >= 11 is 1.23. The minimum atomic E-state index is -1.44. The molecule has 1 saturated heterocycles. The average molecular weight is 592 g/mol. The third-order valence-corrected chi connectivity index (χ3v) is 7.73. The Bertz CT molecular complexity index is 1320. The van der Waals surface area contributed by atoms with E-state index in [-0.39, 0.29) is 30.1 Å². The van der Waals surface area contributed by atoms with Gasteiger partial charge in [-0.05, 0) is 78.4 Å². The summed E-state index contributed by atoms with van der Waals surface area (Å²) in [6, 6.07) is 1.00. The van der Waals surface area contributed by atoms with Crippen molar-refractivity contribution >= 4 is 29.5 Å². The van der Waals surface area contributed by atoms with Gasteiger partial charge in [-0.15, -0.1) is 0 Å². The molecule has 5 rings (SSSR count). The van der Waals surface area contributed by atoms with Gasteiger partial charge in [0.15, 0.2) is 17.9 Å². The summed E-state index contributed by atoms with van der Waals surface area (Å²) in [4.78, 5) is 31.9. The average Bonchev–Trinajstić information content (AvgIpc) is 3.48. The van der Waals surface area contributed by atoms with Crippen LogP contribution < -0.4 is 10.6 Å². The monoisotopic (exact) mass is 591 g/mol. The Balaban J connectivity index is 1.48. The highest BCUT2D eigenvalue weighted by molar-refractivity contribution is 7.09. The van der Waals surface area contributed by atoms with E-state index < -0.39 is 47.5 Å². The van der Waals surface area contributed by atoms with Crippen LogP contribution in [0.5, 0.6) is 0 Å². The molecule has 1 aliphatic carbocycles. The lowest BCUT2D eigenvalue weighted by molar-refractivity contribution is -0.0257. The lowest BCUT2D eigenvalue weighted by atomic mass is 10.0. The molecule has 0 bridgehead atoms. The highest BCUT2D eigenvalue weighted by atomic mass is 32.1. The number of carbonyl (C=O) groups is 2. The molecule has 2 fully saturated rings. The van der Waals surface area contributed by atoms with Gasteiger partial charge in [-0.3, -0.25) is 4.90 Å². The Morgan fingerprint density at radius 2 is 1.83 bits per heavy atom. The summed E-state index contributed by atoms with van der Waals surface area (Å²) in [6.45, 7) is 10.9. The van der Waals surface area contributed by atoms with E-state index in [9.17, 15) is 14.7 Å². The zero-order chi connectivity index (χ0) is 29.7. The fourth-order valence-electron chi connectivity index (χ4n) is 4.90. The van der Waals surface area contributed by atoms with E-state index in [1.165, 1.54) is 11.5 Å². The number of ether oxygens (including phenoxy) is 3. The number of carbonyl (C=O) groups excluding carboxylic acids is 2. The number of aliphatic hydroxyl groups is 1. The molecule has 1 unspecified atom stereocenters. The number of fused-ring (bicyclic) bond motifs is 1. The SMILES string of the molecule is CC(C)(C)OC(=O)N[C@H]1COCC[C@H]1Nc1nc(-c2cc(C3CC3)ns2)c2c(c1F)CN(C(=O)OC(C)(C)C)C2O. The molecule has 0 aromatic carbocycles. The standard InChI is InChI=1S/C28H38FN5O6S/c1-27(2,3)39-25(36)31-18-13-38-10-9-16(18)30-23-21(29)15-12-34(26(37)40-28(4,5)6)24(35)20(15)22(32-23)19-11-17(33-41-19)14-7-8-14/h11,14,16,18,24,35H,7-10,12-13H2,1-6H3,(H,30,32)(H,31,36)/t16-,18+,24?/m1/s1. The molecule has 41 heavy (non-hydrogen) atoms. The molecular weight excluding hydrogens is 553 g/mol. The Hall–Kier alpha value is -3.03. The number of anilines is 1. The van der Waals surface area contributed by atoms with E-state index in [0.717, 1.165) is 23.4 Å². The molecule has 3 atom stereocenters. The van der Waals surface area contributed by atoms with E-state index >= 15 is 4.39 Å². The topological polar surface area (TPSA) is 135 Å². The normalized spacial score (nSPS) is 22.7. The fourth-order valence-corrected chi connectivity index (χ4v) is 5.72. The predicted molar refractivity (Wildman–Crippen MR) is 150 cm³/mol. The van der Waals surface area contributed by atoms with Crippen LogP contribution in [0.4, 0.5) is 19.8 Å². The van der Waals surface area contributed by atoms with Gasteiger partial charge in [0.05, 0.1) is 41.5 Å². The summed E-state index contributed by atoms with van der Waals surface area (Å²) in [5, 5.41) is 17.3. The van der Waals surface area contributed by atoms with Crippen LogP contribution in [-0.4, -0.2) is 68.0 Å². The lowest BCUT2D eigenvalue weighted by Crippen LogP contribution is -2.53. The molecule has 224 valence electrons. The van der Waals surface area contributed by atoms with Gasteiger partial charge in [0.1, 0.15) is 11.2 Å². The van der Waals surface area contributed by atoms with Crippen LogP contribution in [-0.2, 0) is 20.8 Å². The maximum Gasteiger partial charge on any atom is 0.412 e. The van der Waals surface area contributed by atoms with Crippen molar-refractivity contribution in [2.45, 2.75) is 103 Å². The van der Waals surface area contributed by atoms with Crippen LogP contribution >= 0.6 is 11.5 Å². The molecule has 0 radical (unpaired) electrons. The molecule has 2 aromatic rings. The van der Waals surface area contributed by atoms with Gasteiger partial charge in [0.25, 0.3) is 0 Å². The Labute approximate surface area is 242 Å². The minimum Gasteiger partial charge on any atom is -0.444 e. The van der Waals surface area contributed by atoms with Crippen molar-refractivity contribution in [3.63, 3.8) is 0 Å². The van der Waals surface area contributed by atoms with Crippen LogP contribution in [0.1, 0.15) is 89.8 Å². The number of aromatic nitrogens is 2. The highest BCUT2D eigenvalue weighted by Crippen LogP contribution is 2.46. The van der Waals surface area contributed by atoms with Gasteiger partial charge < -0.3 is 30.0 Å². The first-order valence-corrected chi connectivity index (χ1v) is 14.7. The second kappa shape index (κ2) is 11.0. The first-order chi connectivity index (χ1) is 19.2. The lowest BCUT2D eigenvalue weighted by Gasteiger charge is -2.33. The number of halogens is 1. The number of aliphatic hydroxyl groups excluding tert-OH is 1. The van der Waals surface area contributed by atoms with Gasteiger partial charge in [0, 0.05) is 23.7 Å². The Morgan fingerprint density at radius 1 is 1.12 bits per heavy atom. The van der Waals surface area contributed by atoms with E-state index in [1.54, 1.807) is 41.5 Å². The van der Waals surface area contributed by atoms with E-state index in [1.807, 2.05) is 6.07 Å². The van der Waals surface area contributed by atoms with Gasteiger partial charge in [-0.2, -0.15) is 4.37 Å². The number of amides is 2. The number of nitrogens with zero attached hydrogens (tertiary/aromatic N) is 3. The van der Waals surface area contributed by atoms with Crippen molar-refractivity contribution < 1.29 is 33.3 Å². The third kappa shape index (κ3) is 6.73. The van der Waals surface area contributed by atoms with E-state index in [4.69, 9.17) is 14.2 Å². The van der Waals surface area contributed by atoms with Gasteiger partial charge in [-0.25, -0.2) is 19.0 Å². The largest absolute Gasteiger partial charge is 0.444 e. The van der Waals surface area contributed by atoms with Gasteiger partial charge in [0.2, 0.25) is 0 Å². The van der Waals surface area contributed by atoms with E-state index in [0.29, 0.717) is 29.5 Å². The van der Waals surface area contributed by atoms with Crippen LogP contribution in [0.3, 0.4) is 0 Å². The second-order valence-electron chi connectivity index (χ2n) is 12.8. The van der Waals surface area contributed by atoms with Crippen molar-refractivity contribution in [3.05, 3.63) is 28.7 Å². The number of hydrogen-bond donors (Lipinski definition) is 3. The zero-order valence-electron chi connectivity index (χ0n) is 24.2. The van der Waals surface area contributed by atoms with Crippen LogP contribution in [0.25, 0.3) is 10.6 Å². The maximum absolute atomic E-state index is 16.2. The van der Waals surface area contributed by atoms with Crippen molar-refractivity contribution in [2.75, 3.05) is 18.5 Å². The highest BCUT2D eigenvalue weighted by Gasteiger charge is 2.41. The number of hydrogen-bond acceptors (Lipinski definition) is 10. The second-order valence-corrected chi connectivity index (χ2v) is 13.6. The summed E-state index contributed by atoms with van der Waals surface area (Å²) in [5.41, 5.74) is 0.201. The van der Waals surface area contributed by atoms with Crippen molar-refractivity contribution in [3.8, 4) is 10.6 Å². The number of alkyl carbamates (subject to hydrolysis) is 1. The fraction of sp³-hybridized carbons (Fsp3) is 0.643. The summed E-state index contributed by atoms with van der Waals surface area (Å²) in [5.74, 6) is -0.319. The van der Waals surface area contributed by atoms with Crippen molar-refractivity contribution in [1.82, 2.24) is 19.6 Å². The Kier molecular flexibility index (Phi) is 7.90. The summed E-state index contributed by atoms with van der Waals surface area (Å²) < 4.78 is 37.2. The van der Waals surface area contributed by atoms with Gasteiger partial charge in [-0.1, -0.05) is 0 Å². The number of rotatable bonds is 5. The quantitative estimate of drug-likeness (QED) is 0.436. The zero-order valence-corrected chi connectivity index (χ0v) is 25.1. The summed E-state index contributed by atoms with van der Waals surface area (Å²) in [7, 11) is 0. The molecule has 0 spiro atoms. The first kappa shape index (κ1) is 29.5. The smallest absolute Gasteiger partial charge is 0.412 e. The van der Waals surface area contributed by atoms with Crippen LogP contribution in [0.15, 0.2) is 6.07 Å². The molecule has 2 aromatic heterocycles. The molecule has 2 amide bonds. The van der Waals surface area contributed by atoms with Crippen LogP contribution in [0.2, 0.25) is 0 Å². The first-order valence-electron chi connectivity index (χ1n) is 13.9. The molecule has 1 saturated carbocycles. The number of nitrogens with one attached hydrogen (secondary N) is 2. The van der Waals surface area contributed by atoms with Crippen molar-refractivity contribution in [1.29, 1.82) is 0 Å². The van der Waals surface area contributed by atoms with Gasteiger partial charge >= 0.3 is 12.2 Å². The maximum atomic E-state index is 16.2. The molecular formula is C28H38FN5O6S. The predicted octanol–water partition coefficient (Wildman–Crippen LogP) is 5.06. The molecule has 11 nitrogen and oxygen atoms in total.